The summed E-state index contributed by atoms with van der Waals surface area (Å²) in [6.45, 7) is 4.88. The van der Waals surface area contributed by atoms with Crippen LogP contribution in [0.2, 0.25) is 0 Å². The number of likely N-dealkylation sites (tertiary alicyclic amines) is 1. The molecule has 2 saturated heterocycles. The Kier molecular flexibility index (Phi) is 5.79. The minimum Gasteiger partial charge on any atom is -0.379 e. The summed E-state index contributed by atoms with van der Waals surface area (Å²) in [7, 11) is 0. The van der Waals surface area contributed by atoms with E-state index < -0.39 is 22.4 Å². The summed E-state index contributed by atoms with van der Waals surface area (Å²) >= 11 is 0. The van der Waals surface area contributed by atoms with Gasteiger partial charge in [-0.25, -0.2) is 0 Å². The monoisotopic (exact) mass is 373 g/mol. The van der Waals surface area contributed by atoms with Gasteiger partial charge in [-0.15, -0.1) is 0 Å². The van der Waals surface area contributed by atoms with Crippen molar-refractivity contribution in [3.63, 3.8) is 0 Å². The van der Waals surface area contributed by atoms with E-state index in [2.05, 4.69) is 4.90 Å². The molecule has 0 atom stereocenters. The number of rotatable bonds is 4. The number of benzene rings is 1. The Labute approximate surface area is 149 Å². The number of nitrogens with zero attached hydrogens (tertiary/aromatic N) is 3. The molecule has 2 fully saturated rings. The lowest BCUT2D eigenvalue weighted by Crippen LogP contribution is -2.48. The van der Waals surface area contributed by atoms with Gasteiger partial charge in [0, 0.05) is 37.8 Å². The molecule has 0 aromatic heterocycles. The molecule has 0 bridgehead atoms. The van der Waals surface area contributed by atoms with Gasteiger partial charge in [0.2, 0.25) is 0 Å². The maximum atomic E-state index is 13.3. The van der Waals surface area contributed by atoms with Crippen molar-refractivity contribution >= 4 is 5.69 Å². The number of hydrogen-bond acceptors (Lipinski definition) is 5. The van der Waals surface area contributed by atoms with E-state index in [4.69, 9.17) is 4.74 Å². The smallest absolute Gasteiger partial charge is 0.379 e. The number of piperidine rings is 1. The van der Waals surface area contributed by atoms with Crippen molar-refractivity contribution in [2.45, 2.75) is 31.6 Å². The van der Waals surface area contributed by atoms with Crippen LogP contribution in [-0.4, -0.2) is 60.2 Å². The molecule has 3 rings (SSSR count). The minimum absolute atomic E-state index is 0.0907. The van der Waals surface area contributed by atoms with E-state index in [1.54, 1.807) is 0 Å². The molecule has 0 aliphatic carbocycles. The first kappa shape index (κ1) is 19.1. The first-order valence-corrected chi connectivity index (χ1v) is 8.73. The molecule has 0 saturated carbocycles. The molecule has 0 unspecified atom stereocenters. The Hall–Kier alpha value is -1.71. The van der Waals surface area contributed by atoms with Gasteiger partial charge in [-0.05, 0) is 31.5 Å². The van der Waals surface area contributed by atoms with Crippen LogP contribution in [0.4, 0.5) is 18.9 Å². The molecule has 0 amide bonds. The van der Waals surface area contributed by atoms with E-state index in [-0.39, 0.29) is 12.1 Å². The van der Waals surface area contributed by atoms with Crippen LogP contribution >= 0.6 is 0 Å². The van der Waals surface area contributed by atoms with E-state index in [9.17, 15) is 23.3 Å². The van der Waals surface area contributed by atoms with Crippen molar-refractivity contribution in [2.75, 3.05) is 39.4 Å². The number of ether oxygens (including phenoxy) is 1. The standard InChI is InChI=1S/C17H22F3N3O3/c18-17(19,20)16-11-15(23(24)25)2-1-13(16)12-21-5-3-14(4-6-21)22-7-9-26-10-8-22/h1-2,11,14H,3-10,12H2. The Morgan fingerprint density at radius 2 is 1.81 bits per heavy atom. The predicted octanol–water partition coefficient (Wildman–Crippen LogP) is 2.91. The lowest BCUT2D eigenvalue weighted by Gasteiger charge is -2.40. The number of non-ortho nitro benzene ring substituents is 1. The summed E-state index contributed by atoms with van der Waals surface area (Å²) in [6.07, 6.45) is -2.78. The van der Waals surface area contributed by atoms with Gasteiger partial charge in [0.05, 0.1) is 23.7 Å². The molecule has 2 heterocycles. The fourth-order valence-corrected chi connectivity index (χ4v) is 3.71. The van der Waals surface area contributed by atoms with E-state index >= 15 is 0 Å². The lowest BCUT2D eigenvalue weighted by molar-refractivity contribution is -0.385. The third-order valence-corrected chi connectivity index (χ3v) is 5.12. The van der Waals surface area contributed by atoms with Gasteiger partial charge in [0.15, 0.2) is 0 Å². The van der Waals surface area contributed by atoms with E-state index in [0.717, 1.165) is 58.3 Å². The molecule has 0 radical (unpaired) electrons. The van der Waals surface area contributed by atoms with E-state index in [0.29, 0.717) is 12.1 Å². The van der Waals surface area contributed by atoms with Gasteiger partial charge in [0.1, 0.15) is 0 Å². The highest BCUT2D eigenvalue weighted by Gasteiger charge is 2.35. The molecule has 1 aromatic rings. The fraction of sp³-hybridized carbons (Fsp3) is 0.647. The van der Waals surface area contributed by atoms with Gasteiger partial charge in [-0.1, -0.05) is 6.07 Å². The molecule has 26 heavy (non-hydrogen) atoms. The van der Waals surface area contributed by atoms with Crippen LogP contribution in [0.5, 0.6) is 0 Å². The summed E-state index contributed by atoms with van der Waals surface area (Å²) in [5.74, 6) is 0. The first-order chi connectivity index (χ1) is 12.3. The molecule has 2 aliphatic heterocycles. The zero-order chi connectivity index (χ0) is 18.7. The average Bonchev–Trinajstić information content (AvgIpc) is 2.62. The average molecular weight is 373 g/mol. The zero-order valence-electron chi connectivity index (χ0n) is 14.4. The summed E-state index contributed by atoms with van der Waals surface area (Å²) in [4.78, 5) is 14.4. The summed E-state index contributed by atoms with van der Waals surface area (Å²) in [5, 5.41) is 10.8. The maximum absolute atomic E-state index is 13.3. The highest BCUT2D eigenvalue weighted by molar-refractivity contribution is 5.41. The quantitative estimate of drug-likeness (QED) is 0.600. The number of nitro groups is 1. The SMILES string of the molecule is O=[N+]([O-])c1ccc(CN2CCC(N3CCOCC3)CC2)c(C(F)(F)F)c1. The molecular formula is C17H22F3N3O3. The third-order valence-electron chi connectivity index (χ3n) is 5.12. The molecule has 1 aromatic carbocycles. The fourth-order valence-electron chi connectivity index (χ4n) is 3.71. The van der Waals surface area contributed by atoms with Crippen molar-refractivity contribution in [3.05, 3.63) is 39.4 Å². The van der Waals surface area contributed by atoms with Crippen LogP contribution in [0.15, 0.2) is 18.2 Å². The second-order valence-corrected chi connectivity index (χ2v) is 6.75. The van der Waals surface area contributed by atoms with Gasteiger partial charge >= 0.3 is 6.18 Å². The van der Waals surface area contributed by atoms with Crippen LogP contribution in [0, 0.1) is 10.1 Å². The molecule has 2 aliphatic rings. The largest absolute Gasteiger partial charge is 0.416 e. The summed E-state index contributed by atoms with van der Waals surface area (Å²) in [5.41, 5.74) is -1.36. The van der Waals surface area contributed by atoms with Crippen LogP contribution in [0.25, 0.3) is 0 Å². The normalized spacial score (nSPS) is 21.0. The van der Waals surface area contributed by atoms with Crippen molar-refractivity contribution < 1.29 is 22.8 Å². The Morgan fingerprint density at radius 1 is 1.15 bits per heavy atom. The highest BCUT2D eigenvalue weighted by atomic mass is 19.4. The van der Waals surface area contributed by atoms with Crippen LogP contribution < -0.4 is 0 Å². The van der Waals surface area contributed by atoms with Crippen molar-refractivity contribution in [1.29, 1.82) is 0 Å². The van der Waals surface area contributed by atoms with Gasteiger partial charge < -0.3 is 4.74 Å². The van der Waals surface area contributed by atoms with Crippen LogP contribution in [0.3, 0.4) is 0 Å². The number of hydrogen-bond donors (Lipinski definition) is 0. The molecule has 0 N–H and O–H groups in total. The van der Waals surface area contributed by atoms with Gasteiger partial charge in [0.25, 0.3) is 5.69 Å². The van der Waals surface area contributed by atoms with Crippen molar-refractivity contribution in [1.82, 2.24) is 9.80 Å². The van der Waals surface area contributed by atoms with Crippen LogP contribution in [-0.2, 0) is 17.5 Å². The molecule has 0 spiro atoms. The molecule has 9 heteroatoms. The number of halogens is 3. The second-order valence-electron chi connectivity index (χ2n) is 6.75. The minimum atomic E-state index is -4.60. The third kappa shape index (κ3) is 4.52. The number of nitro benzene ring substituents is 1. The number of morpholine rings is 1. The Bertz CT molecular complexity index is 640. The summed E-state index contributed by atoms with van der Waals surface area (Å²) in [6, 6.07) is 3.46. The van der Waals surface area contributed by atoms with Crippen molar-refractivity contribution in [2.24, 2.45) is 0 Å². The van der Waals surface area contributed by atoms with Crippen LogP contribution in [0.1, 0.15) is 24.0 Å². The predicted molar refractivity (Wildman–Crippen MR) is 88.8 cm³/mol. The first-order valence-electron chi connectivity index (χ1n) is 8.73. The Balaban J connectivity index is 1.65. The molecule has 144 valence electrons. The van der Waals surface area contributed by atoms with E-state index in [1.165, 1.54) is 6.07 Å². The highest BCUT2D eigenvalue weighted by Crippen LogP contribution is 2.35. The summed E-state index contributed by atoms with van der Waals surface area (Å²) < 4.78 is 45.2. The van der Waals surface area contributed by atoms with Gasteiger partial charge in [-0.3, -0.25) is 19.9 Å². The van der Waals surface area contributed by atoms with Crippen molar-refractivity contribution in [3.8, 4) is 0 Å². The zero-order valence-corrected chi connectivity index (χ0v) is 14.4. The molecule has 6 nitrogen and oxygen atoms in total. The Morgan fingerprint density at radius 3 is 2.38 bits per heavy atom. The lowest BCUT2D eigenvalue weighted by atomic mass is 10.0. The van der Waals surface area contributed by atoms with E-state index in [1.807, 2.05) is 4.90 Å². The molecular weight excluding hydrogens is 351 g/mol. The second kappa shape index (κ2) is 7.89. The number of alkyl halides is 3. The topological polar surface area (TPSA) is 58.9 Å². The maximum Gasteiger partial charge on any atom is 0.416 e. The van der Waals surface area contributed by atoms with Gasteiger partial charge in [-0.2, -0.15) is 13.2 Å².